The van der Waals surface area contributed by atoms with Crippen LogP contribution in [0.15, 0.2) is 67.0 Å². The zero-order valence-corrected chi connectivity index (χ0v) is 9.02. The highest BCUT2D eigenvalue weighted by atomic mass is 16.5. The Morgan fingerprint density at radius 2 is 2.00 bits per heavy atom. The molecule has 0 aliphatic heterocycles. The summed E-state index contributed by atoms with van der Waals surface area (Å²) in [6.45, 7) is 6.15. The van der Waals surface area contributed by atoms with Gasteiger partial charge in [-0.25, -0.2) is 0 Å². The Balaban J connectivity index is 2.40. The lowest BCUT2D eigenvalue weighted by Gasteiger charge is -2.05. The van der Waals surface area contributed by atoms with E-state index in [1.54, 1.807) is 6.08 Å². The third-order valence-electron chi connectivity index (χ3n) is 1.89. The predicted octanol–water partition coefficient (Wildman–Crippen LogP) is 3.85. The molecule has 1 nitrogen and oxygen atoms in total. The van der Waals surface area contributed by atoms with Crippen LogP contribution < -0.4 is 0 Å². The van der Waals surface area contributed by atoms with Crippen LogP contribution in [0.3, 0.4) is 0 Å². The number of hydrogen-bond acceptors (Lipinski definition) is 1. The molecule has 1 aromatic carbocycles. The maximum atomic E-state index is 5.55. The van der Waals surface area contributed by atoms with Gasteiger partial charge in [-0.1, -0.05) is 55.1 Å². The van der Waals surface area contributed by atoms with Crippen molar-refractivity contribution < 1.29 is 4.74 Å². The van der Waals surface area contributed by atoms with E-state index in [9.17, 15) is 0 Å². The van der Waals surface area contributed by atoms with E-state index >= 15 is 0 Å². The average molecular weight is 200 g/mol. The van der Waals surface area contributed by atoms with Crippen LogP contribution in [0.1, 0.15) is 12.5 Å². The van der Waals surface area contributed by atoms with E-state index < -0.39 is 0 Å². The topological polar surface area (TPSA) is 9.23 Å². The van der Waals surface area contributed by atoms with Crippen molar-refractivity contribution >= 4 is 0 Å². The van der Waals surface area contributed by atoms with E-state index in [1.165, 1.54) is 5.56 Å². The first-order valence-corrected chi connectivity index (χ1v) is 4.95. The highest BCUT2D eigenvalue weighted by Gasteiger charge is 1.91. The molecule has 0 aromatic heterocycles. The molecule has 0 saturated carbocycles. The van der Waals surface area contributed by atoms with Gasteiger partial charge in [0.1, 0.15) is 6.61 Å². The summed E-state index contributed by atoms with van der Waals surface area (Å²) in [5.74, 6) is 0.900. The summed E-state index contributed by atoms with van der Waals surface area (Å²) < 4.78 is 5.55. The van der Waals surface area contributed by atoms with Crippen LogP contribution in [-0.2, 0) is 11.3 Å². The molecule has 0 fully saturated rings. The Morgan fingerprint density at radius 3 is 2.67 bits per heavy atom. The molecule has 0 bridgehead atoms. The molecular formula is C14H16O. The maximum absolute atomic E-state index is 5.55. The largest absolute Gasteiger partial charge is 0.494 e. The third-order valence-corrected chi connectivity index (χ3v) is 1.89. The van der Waals surface area contributed by atoms with Gasteiger partial charge in [0.25, 0.3) is 0 Å². The first kappa shape index (κ1) is 11.3. The van der Waals surface area contributed by atoms with Crippen molar-refractivity contribution in [1.82, 2.24) is 0 Å². The van der Waals surface area contributed by atoms with E-state index in [0.29, 0.717) is 6.61 Å². The van der Waals surface area contributed by atoms with Gasteiger partial charge < -0.3 is 4.74 Å². The van der Waals surface area contributed by atoms with Crippen LogP contribution in [0.4, 0.5) is 0 Å². The van der Waals surface area contributed by atoms with Gasteiger partial charge >= 0.3 is 0 Å². The first-order chi connectivity index (χ1) is 7.33. The molecule has 78 valence electrons. The fourth-order valence-electron chi connectivity index (χ4n) is 1.09. The van der Waals surface area contributed by atoms with Crippen LogP contribution in [0.2, 0.25) is 0 Å². The van der Waals surface area contributed by atoms with E-state index in [4.69, 9.17) is 4.74 Å². The zero-order valence-electron chi connectivity index (χ0n) is 9.02. The summed E-state index contributed by atoms with van der Waals surface area (Å²) in [6.07, 6.45) is 7.44. The molecule has 1 rings (SSSR count). The molecule has 0 saturated heterocycles. The van der Waals surface area contributed by atoms with Crippen molar-refractivity contribution in [2.24, 2.45) is 0 Å². The zero-order chi connectivity index (χ0) is 10.9. The number of rotatable bonds is 5. The summed E-state index contributed by atoms with van der Waals surface area (Å²) in [5.41, 5.74) is 1.18. The maximum Gasteiger partial charge on any atom is 0.113 e. The fraction of sp³-hybridized carbons (Fsp3) is 0.143. The molecule has 1 heteroatoms. The van der Waals surface area contributed by atoms with Gasteiger partial charge in [-0.15, -0.1) is 0 Å². The molecule has 0 aliphatic rings. The van der Waals surface area contributed by atoms with Gasteiger partial charge in [-0.2, -0.15) is 0 Å². The molecule has 1 aromatic rings. The van der Waals surface area contributed by atoms with E-state index in [1.807, 2.05) is 55.5 Å². The number of benzene rings is 1. The van der Waals surface area contributed by atoms with Crippen molar-refractivity contribution in [2.45, 2.75) is 13.5 Å². The Bertz CT molecular complexity index is 347. The summed E-state index contributed by atoms with van der Waals surface area (Å²) in [4.78, 5) is 0. The Labute approximate surface area is 91.4 Å². The predicted molar refractivity (Wildman–Crippen MR) is 64.3 cm³/mol. The molecule has 0 heterocycles. The first-order valence-electron chi connectivity index (χ1n) is 4.95. The molecule has 15 heavy (non-hydrogen) atoms. The minimum Gasteiger partial charge on any atom is -0.494 e. The molecule has 0 N–H and O–H groups in total. The van der Waals surface area contributed by atoms with Gasteiger partial charge in [0, 0.05) is 0 Å². The molecule has 0 unspecified atom stereocenters. The fourth-order valence-corrected chi connectivity index (χ4v) is 1.09. The summed E-state index contributed by atoms with van der Waals surface area (Å²) >= 11 is 0. The van der Waals surface area contributed by atoms with E-state index in [-0.39, 0.29) is 0 Å². The van der Waals surface area contributed by atoms with Crippen LogP contribution in [-0.4, -0.2) is 0 Å². The average Bonchev–Trinajstić information content (AvgIpc) is 2.28. The van der Waals surface area contributed by atoms with Gasteiger partial charge in [-0.05, 0) is 18.6 Å². The lowest BCUT2D eigenvalue weighted by Crippen LogP contribution is -1.89. The van der Waals surface area contributed by atoms with Crippen molar-refractivity contribution in [2.75, 3.05) is 0 Å². The smallest absolute Gasteiger partial charge is 0.113 e. The normalized spacial score (nSPS) is 11.7. The second kappa shape index (κ2) is 6.66. The summed E-state index contributed by atoms with van der Waals surface area (Å²) in [5, 5.41) is 0. The van der Waals surface area contributed by atoms with Gasteiger partial charge in [-0.3, -0.25) is 0 Å². The second-order valence-electron chi connectivity index (χ2n) is 3.17. The Morgan fingerprint density at radius 1 is 1.27 bits per heavy atom. The van der Waals surface area contributed by atoms with E-state index in [0.717, 1.165) is 5.76 Å². The highest BCUT2D eigenvalue weighted by Crippen LogP contribution is 2.05. The Kier molecular flexibility index (Phi) is 5.02. The van der Waals surface area contributed by atoms with Crippen LogP contribution in [0.25, 0.3) is 0 Å². The van der Waals surface area contributed by atoms with Crippen LogP contribution in [0.5, 0.6) is 0 Å². The Hall–Kier alpha value is -1.76. The molecule has 0 atom stereocenters. The lowest BCUT2D eigenvalue weighted by atomic mass is 10.2. The third kappa shape index (κ3) is 4.87. The number of ether oxygens (including phenoxy) is 1. The molecule has 0 spiro atoms. The minimum absolute atomic E-state index is 0.616. The monoisotopic (exact) mass is 200 g/mol. The summed E-state index contributed by atoms with van der Waals surface area (Å²) in [6, 6.07) is 10.1. The standard InChI is InChI=1S/C14H16O/c1-3-4-6-9-13(2)15-12-14-10-7-5-8-11-14/h3-11H,1,12H2,2H3/b6-4-,13-9+. The van der Waals surface area contributed by atoms with Crippen molar-refractivity contribution in [3.63, 3.8) is 0 Å². The SMILES string of the molecule is C=C/C=C\C=C(/C)OCc1ccccc1. The highest BCUT2D eigenvalue weighted by molar-refractivity contribution is 5.15. The second-order valence-corrected chi connectivity index (χ2v) is 3.17. The van der Waals surface area contributed by atoms with Crippen LogP contribution >= 0.6 is 0 Å². The van der Waals surface area contributed by atoms with Gasteiger partial charge in [0.2, 0.25) is 0 Å². The quantitative estimate of drug-likeness (QED) is 0.518. The van der Waals surface area contributed by atoms with E-state index in [2.05, 4.69) is 6.58 Å². The van der Waals surface area contributed by atoms with Crippen molar-refractivity contribution in [3.05, 3.63) is 72.5 Å². The van der Waals surface area contributed by atoms with Crippen molar-refractivity contribution in [1.29, 1.82) is 0 Å². The summed E-state index contributed by atoms with van der Waals surface area (Å²) in [7, 11) is 0. The lowest BCUT2D eigenvalue weighted by molar-refractivity contribution is 0.201. The molecular weight excluding hydrogens is 184 g/mol. The molecule has 0 aliphatic carbocycles. The molecule has 0 amide bonds. The van der Waals surface area contributed by atoms with Crippen LogP contribution in [0, 0.1) is 0 Å². The molecule has 0 radical (unpaired) electrons. The van der Waals surface area contributed by atoms with Gasteiger partial charge in [0.15, 0.2) is 0 Å². The number of allylic oxidation sites excluding steroid dienone is 5. The van der Waals surface area contributed by atoms with Gasteiger partial charge in [0.05, 0.1) is 5.76 Å². The number of hydrogen-bond donors (Lipinski definition) is 0. The van der Waals surface area contributed by atoms with Crippen molar-refractivity contribution in [3.8, 4) is 0 Å². The minimum atomic E-state index is 0.616.